The second-order valence-corrected chi connectivity index (χ2v) is 5.86. The zero-order chi connectivity index (χ0) is 14.4. The fourth-order valence-corrected chi connectivity index (χ4v) is 3.45. The van der Waals surface area contributed by atoms with Crippen LogP contribution in [0.4, 0.5) is 0 Å². The van der Waals surface area contributed by atoms with Crippen molar-refractivity contribution in [1.82, 2.24) is 4.90 Å². The monoisotopic (exact) mass is 276 g/mol. The van der Waals surface area contributed by atoms with Crippen molar-refractivity contribution in [3.05, 3.63) is 35.9 Å². The average Bonchev–Trinajstić information content (AvgIpc) is 2.53. The predicted octanol–water partition coefficient (Wildman–Crippen LogP) is 2.56. The van der Waals surface area contributed by atoms with E-state index in [9.17, 15) is 5.11 Å². The summed E-state index contributed by atoms with van der Waals surface area (Å²) in [5.41, 5.74) is 6.94. The van der Waals surface area contributed by atoms with E-state index < -0.39 is 6.10 Å². The quantitative estimate of drug-likeness (QED) is 0.839. The summed E-state index contributed by atoms with van der Waals surface area (Å²) in [5.74, 6) is 0.590. The highest BCUT2D eigenvalue weighted by Crippen LogP contribution is 2.29. The molecule has 1 fully saturated rings. The van der Waals surface area contributed by atoms with Crippen molar-refractivity contribution in [3.63, 3.8) is 0 Å². The number of aliphatic hydroxyl groups excluding tert-OH is 1. The molecule has 0 saturated heterocycles. The van der Waals surface area contributed by atoms with Crippen molar-refractivity contribution >= 4 is 0 Å². The summed E-state index contributed by atoms with van der Waals surface area (Å²) in [5, 5.41) is 10.4. The molecule has 0 heterocycles. The molecule has 3 heteroatoms. The molecule has 1 aromatic rings. The van der Waals surface area contributed by atoms with Crippen LogP contribution < -0.4 is 5.73 Å². The minimum absolute atomic E-state index is 0.406. The van der Waals surface area contributed by atoms with Gasteiger partial charge in [0.1, 0.15) is 0 Å². The molecule has 0 aromatic heterocycles. The molecule has 3 N–H and O–H groups in total. The first-order valence-corrected chi connectivity index (χ1v) is 7.93. The van der Waals surface area contributed by atoms with Crippen LogP contribution in [0.1, 0.15) is 44.3 Å². The van der Waals surface area contributed by atoms with E-state index in [1.807, 2.05) is 30.3 Å². The van der Waals surface area contributed by atoms with E-state index in [0.29, 0.717) is 18.5 Å². The highest BCUT2D eigenvalue weighted by atomic mass is 16.3. The first kappa shape index (κ1) is 15.5. The zero-order valence-corrected chi connectivity index (χ0v) is 12.5. The third-order valence-electron chi connectivity index (χ3n) is 4.64. The number of aliphatic hydroxyl groups is 1. The summed E-state index contributed by atoms with van der Waals surface area (Å²) in [6.07, 6.45) is 4.64. The van der Waals surface area contributed by atoms with E-state index in [2.05, 4.69) is 11.8 Å². The molecule has 112 valence electrons. The molecule has 1 aliphatic carbocycles. The van der Waals surface area contributed by atoms with E-state index in [1.54, 1.807) is 0 Å². The first-order chi connectivity index (χ1) is 9.76. The van der Waals surface area contributed by atoms with Gasteiger partial charge in [0.25, 0.3) is 0 Å². The Hall–Kier alpha value is -0.900. The highest BCUT2D eigenvalue weighted by molar-refractivity contribution is 5.17. The Kier molecular flexibility index (Phi) is 6.02. The Morgan fingerprint density at radius 2 is 1.95 bits per heavy atom. The lowest BCUT2D eigenvalue weighted by molar-refractivity contribution is 0.0534. The molecule has 0 bridgehead atoms. The number of benzene rings is 1. The van der Waals surface area contributed by atoms with Gasteiger partial charge in [-0.05, 0) is 37.4 Å². The van der Waals surface area contributed by atoms with Gasteiger partial charge in [-0.15, -0.1) is 0 Å². The molecule has 1 aromatic carbocycles. The molecular weight excluding hydrogens is 248 g/mol. The van der Waals surface area contributed by atoms with Gasteiger partial charge in [-0.1, -0.05) is 50.1 Å². The van der Waals surface area contributed by atoms with Crippen molar-refractivity contribution in [2.75, 3.05) is 19.6 Å². The van der Waals surface area contributed by atoms with Crippen molar-refractivity contribution in [3.8, 4) is 0 Å². The number of nitrogens with two attached hydrogens (primary N) is 1. The molecule has 1 saturated carbocycles. The summed E-state index contributed by atoms with van der Waals surface area (Å²) < 4.78 is 0. The van der Waals surface area contributed by atoms with Crippen LogP contribution in [-0.2, 0) is 0 Å². The minimum atomic E-state index is -0.406. The summed E-state index contributed by atoms with van der Waals surface area (Å²) in [7, 11) is 0. The number of likely N-dealkylation sites (N-methyl/N-ethyl adjacent to an activating group) is 1. The molecular formula is C17H28N2O. The molecule has 2 rings (SSSR count). The van der Waals surface area contributed by atoms with Gasteiger partial charge < -0.3 is 10.8 Å². The zero-order valence-electron chi connectivity index (χ0n) is 12.5. The van der Waals surface area contributed by atoms with Gasteiger partial charge >= 0.3 is 0 Å². The van der Waals surface area contributed by atoms with Gasteiger partial charge in [-0.2, -0.15) is 0 Å². The summed E-state index contributed by atoms with van der Waals surface area (Å²) in [6.45, 7) is 4.63. The van der Waals surface area contributed by atoms with Gasteiger partial charge in [0, 0.05) is 12.6 Å². The fraction of sp³-hybridized carbons (Fsp3) is 0.647. The Morgan fingerprint density at radius 1 is 1.25 bits per heavy atom. The van der Waals surface area contributed by atoms with Crippen LogP contribution in [0.15, 0.2) is 30.3 Å². The van der Waals surface area contributed by atoms with Gasteiger partial charge in [0.05, 0.1) is 6.10 Å². The highest BCUT2D eigenvalue weighted by Gasteiger charge is 2.29. The van der Waals surface area contributed by atoms with E-state index in [1.165, 1.54) is 25.7 Å². The maximum absolute atomic E-state index is 10.4. The fourth-order valence-electron chi connectivity index (χ4n) is 3.45. The lowest BCUT2D eigenvalue weighted by Crippen LogP contribution is -2.46. The summed E-state index contributed by atoms with van der Waals surface area (Å²) in [6, 6.07) is 10.5. The van der Waals surface area contributed by atoms with E-state index in [4.69, 9.17) is 5.73 Å². The van der Waals surface area contributed by atoms with E-state index in [0.717, 1.165) is 18.7 Å². The van der Waals surface area contributed by atoms with Crippen molar-refractivity contribution < 1.29 is 5.11 Å². The van der Waals surface area contributed by atoms with Crippen LogP contribution in [0.5, 0.6) is 0 Å². The third-order valence-corrected chi connectivity index (χ3v) is 4.64. The molecule has 3 unspecified atom stereocenters. The van der Waals surface area contributed by atoms with Crippen LogP contribution in [0.2, 0.25) is 0 Å². The van der Waals surface area contributed by atoms with Crippen molar-refractivity contribution in [2.45, 2.75) is 44.8 Å². The number of hydrogen-bond acceptors (Lipinski definition) is 3. The van der Waals surface area contributed by atoms with Gasteiger partial charge in [-0.3, -0.25) is 4.90 Å². The predicted molar refractivity (Wildman–Crippen MR) is 83.4 cm³/mol. The smallest absolute Gasteiger partial charge is 0.0917 e. The molecule has 20 heavy (non-hydrogen) atoms. The van der Waals surface area contributed by atoms with Crippen LogP contribution in [0, 0.1) is 5.92 Å². The number of hydrogen-bond donors (Lipinski definition) is 2. The third kappa shape index (κ3) is 3.81. The average molecular weight is 276 g/mol. The Bertz CT molecular complexity index is 382. The van der Waals surface area contributed by atoms with E-state index in [-0.39, 0.29) is 0 Å². The molecule has 1 aliphatic rings. The lowest BCUT2D eigenvalue weighted by Gasteiger charge is -2.40. The number of rotatable bonds is 6. The lowest BCUT2D eigenvalue weighted by atomic mass is 9.83. The molecule has 3 nitrogen and oxygen atoms in total. The molecule has 0 amide bonds. The second-order valence-electron chi connectivity index (χ2n) is 5.86. The normalized spacial score (nSPS) is 24.8. The minimum Gasteiger partial charge on any atom is -0.387 e. The Balaban J connectivity index is 2.00. The summed E-state index contributed by atoms with van der Waals surface area (Å²) >= 11 is 0. The summed E-state index contributed by atoms with van der Waals surface area (Å²) in [4.78, 5) is 2.42. The second kappa shape index (κ2) is 7.77. The topological polar surface area (TPSA) is 49.5 Å². The van der Waals surface area contributed by atoms with Crippen LogP contribution in [0.25, 0.3) is 0 Å². The SMILES string of the molecule is CCN(CC(O)c1ccccc1)C1CCCCC1CN. The molecule has 3 atom stereocenters. The van der Waals surface area contributed by atoms with Gasteiger partial charge in [-0.25, -0.2) is 0 Å². The van der Waals surface area contributed by atoms with Crippen LogP contribution in [-0.4, -0.2) is 35.7 Å². The van der Waals surface area contributed by atoms with Crippen LogP contribution >= 0.6 is 0 Å². The van der Waals surface area contributed by atoms with E-state index >= 15 is 0 Å². The maximum atomic E-state index is 10.4. The number of nitrogens with zero attached hydrogens (tertiary/aromatic N) is 1. The maximum Gasteiger partial charge on any atom is 0.0917 e. The van der Waals surface area contributed by atoms with Crippen molar-refractivity contribution in [2.24, 2.45) is 11.7 Å². The molecule has 0 spiro atoms. The first-order valence-electron chi connectivity index (χ1n) is 7.93. The van der Waals surface area contributed by atoms with Gasteiger partial charge in [0.2, 0.25) is 0 Å². The standard InChI is InChI=1S/C17H28N2O/c1-2-19(16-11-7-6-10-15(16)12-18)13-17(20)14-8-4-3-5-9-14/h3-5,8-9,15-17,20H,2,6-7,10-13,18H2,1H3. The molecule has 0 aliphatic heterocycles. The van der Waals surface area contributed by atoms with Crippen LogP contribution in [0.3, 0.4) is 0 Å². The Morgan fingerprint density at radius 3 is 2.60 bits per heavy atom. The van der Waals surface area contributed by atoms with Crippen molar-refractivity contribution in [1.29, 1.82) is 0 Å². The Labute approximate surface area is 122 Å². The molecule has 0 radical (unpaired) electrons. The largest absolute Gasteiger partial charge is 0.387 e. The van der Waals surface area contributed by atoms with Gasteiger partial charge in [0.15, 0.2) is 0 Å².